The summed E-state index contributed by atoms with van der Waals surface area (Å²) in [6, 6.07) is 0. The summed E-state index contributed by atoms with van der Waals surface area (Å²) in [6.07, 6.45) is 25.1. The van der Waals surface area contributed by atoms with Crippen molar-refractivity contribution in [2.75, 3.05) is 6.61 Å². The molecule has 0 fully saturated rings. The van der Waals surface area contributed by atoms with E-state index in [2.05, 4.69) is 48.1 Å². The topological polar surface area (TPSA) is 26.3 Å². The van der Waals surface area contributed by atoms with E-state index in [4.69, 9.17) is 0 Å². The Labute approximate surface area is 131 Å². The lowest BCUT2D eigenvalue weighted by Gasteiger charge is -1.97. The minimum Gasteiger partial charge on any atom is -0.468 e. The minimum atomic E-state index is 0.520. The zero-order valence-electron chi connectivity index (χ0n) is 13.6. The predicted octanol–water partition coefficient (Wildman–Crippen LogP) is 5.75. The van der Waals surface area contributed by atoms with Gasteiger partial charge in [0.05, 0.1) is 6.61 Å². The van der Waals surface area contributed by atoms with E-state index in [0.29, 0.717) is 13.1 Å². The van der Waals surface area contributed by atoms with Crippen LogP contribution in [0.2, 0.25) is 0 Å². The average Bonchev–Trinajstić information content (AvgIpc) is 2.50. The monoisotopic (exact) mass is 292 g/mol. The molecular formula is C19H32O2. The zero-order valence-corrected chi connectivity index (χ0v) is 13.6. The van der Waals surface area contributed by atoms with E-state index < -0.39 is 0 Å². The fraction of sp³-hybridized carbons (Fsp3) is 0.632. The molecular weight excluding hydrogens is 260 g/mol. The maximum absolute atomic E-state index is 9.92. The van der Waals surface area contributed by atoms with Crippen LogP contribution in [0.25, 0.3) is 0 Å². The summed E-state index contributed by atoms with van der Waals surface area (Å²) in [6.45, 7) is 3.32. The van der Waals surface area contributed by atoms with Crippen molar-refractivity contribution in [3.63, 3.8) is 0 Å². The minimum absolute atomic E-state index is 0.520. The number of unbranched alkanes of at least 4 members (excludes halogenated alkanes) is 6. The van der Waals surface area contributed by atoms with Crippen LogP contribution in [-0.4, -0.2) is 13.1 Å². The molecule has 0 bridgehead atoms. The second-order valence-corrected chi connectivity index (χ2v) is 5.20. The van der Waals surface area contributed by atoms with Crippen molar-refractivity contribution in [1.29, 1.82) is 0 Å². The SMILES string of the molecule is CCCCCC=CCC=CCC=CCCCCCOC=O. The Kier molecular flexibility index (Phi) is 17.5. The van der Waals surface area contributed by atoms with Gasteiger partial charge in [0.1, 0.15) is 0 Å². The van der Waals surface area contributed by atoms with E-state index in [9.17, 15) is 4.79 Å². The number of ether oxygens (including phenoxy) is 1. The van der Waals surface area contributed by atoms with Crippen LogP contribution in [0.1, 0.15) is 71.1 Å². The lowest BCUT2D eigenvalue weighted by atomic mass is 10.2. The van der Waals surface area contributed by atoms with Gasteiger partial charge in [-0.25, -0.2) is 0 Å². The summed E-state index contributed by atoms with van der Waals surface area (Å²) in [4.78, 5) is 9.92. The van der Waals surface area contributed by atoms with Gasteiger partial charge in [-0.1, -0.05) is 56.2 Å². The average molecular weight is 292 g/mol. The van der Waals surface area contributed by atoms with Crippen LogP contribution in [-0.2, 0) is 9.53 Å². The van der Waals surface area contributed by atoms with E-state index in [1.807, 2.05) is 0 Å². The first-order valence-electron chi connectivity index (χ1n) is 8.42. The van der Waals surface area contributed by atoms with Gasteiger partial charge in [0.25, 0.3) is 6.47 Å². The molecule has 21 heavy (non-hydrogen) atoms. The highest BCUT2D eigenvalue weighted by molar-refractivity contribution is 5.36. The fourth-order valence-electron chi connectivity index (χ4n) is 1.96. The largest absolute Gasteiger partial charge is 0.468 e. The molecule has 2 nitrogen and oxygen atoms in total. The number of hydrogen-bond acceptors (Lipinski definition) is 2. The van der Waals surface area contributed by atoms with E-state index in [-0.39, 0.29) is 0 Å². The van der Waals surface area contributed by atoms with Crippen molar-refractivity contribution in [1.82, 2.24) is 0 Å². The highest BCUT2D eigenvalue weighted by atomic mass is 16.5. The standard InChI is InChI=1S/C19H32O2/c1-2-3-4-5-6-7-8-9-10-11-12-13-14-15-16-17-18-21-19-20/h6-7,9-10,12-13,19H,2-5,8,11,14-18H2,1H3. The van der Waals surface area contributed by atoms with Crippen molar-refractivity contribution in [2.45, 2.75) is 71.1 Å². The van der Waals surface area contributed by atoms with Crippen molar-refractivity contribution >= 4 is 6.47 Å². The third-order valence-corrected chi connectivity index (χ3v) is 3.22. The highest BCUT2D eigenvalue weighted by Crippen LogP contribution is 2.02. The van der Waals surface area contributed by atoms with Gasteiger partial charge in [-0.2, -0.15) is 0 Å². The van der Waals surface area contributed by atoms with E-state index in [0.717, 1.165) is 32.1 Å². The van der Waals surface area contributed by atoms with Crippen LogP contribution in [0.5, 0.6) is 0 Å². The maximum Gasteiger partial charge on any atom is 0.293 e. The van der Waals surface area contributed by atoms with Crippen LogP contribution in [0, 0.1) is 0 Å². The molecule has 0 saturated heterocycles. The van der Waals surface area contributed by atoms with Gasteiger partial charge >= 0.3 is 0 Å². The zero-order chi connectivity index (χ0) is 15.4. The number of carbonyl (C=O) groups excluding carboxylic acids is 1. The Hall–Kier alpha value is -1.31. The second-order valence-electron chi connectivity index (χ2n) is 5.20. The molecule has 0 aromatic rings. The number of carbonyl (C=O) groups is 1. The Morgan fingerprint density at radius 3 is 1.86 bits per heavy atom. The summed E-state index contributed by atoms with van der Waals surface area (Å²) < 4.78 is 4.64. The molecule has 2 heteroatoms. The van der Waals surface area contributed by atoms with Crippen LogP contribution in [0.4, 0.5) is 0 Å². The number of rotatable bonds is 15. The van der Waals surface area contributed by atoms with E-state index >= 15 is 0 Å². The molecule has 0 aromatic heterocycles. The van der Waals surface area contributed by atoms with Gasteiger partial charge in [0.15, 0.2) is 0 Å². The molecule has 0 rings (SSSR count). The lowest BCUT2D eigenvalue weighted by molar-refractivity contribution is -0.128. The normalized spacial score (nSPS) is 11.9. The van der Waals surface area contributed by atoms with Gasteiger partial charge in [0, 0.05) is 0 Å². The van der Waals surface area contributed by atoms with Crippen LogP contribution in [0.3, 0.4) is 0 Å². The Balaban J connectivity index is 3.26. The Morgan fingerprint density at radius 1 is 0.714 bits per heavy atom. The summed E-state index contributed by atoms with van der Waals surface area (Å²) in [7, 11) is 0. The van der Waals surface area contributed by atoms with Crippen molar-refractivity contribution in [3.05, 3.63) is 36.5 Å². The molecule has 0 unspecified atom stereocenters. The van der Waals surface area contributed by atoms with Gasteiger partial charge in [0.2, 0.25) is 0 Å². The van der Waals surface area contributed by atoms with Gasteiger partial charge in [-0.3, -0.25) is 4.79 Å². The molecule has 0 heterocycles. The Morgan fingerprint density at radius 2 is 1.29 bits per heavy atom. The van der Waals surface area contributed by atoms with E-state index in [1.54, 1.807) is 0 Å². The molecule has 0 amide bonds. The van der Waals surface area contributed by atoms with Crippen molar-refractivity contribution in [3.8, 4) is 0 Å². The Bertz CT molecular complexity index is 290. The molecule has 120 valence electrons. The van der Waals surface area contributed by atoms with Crippen molar-refractivity contribution in [2.24, 2.45) is 0 Å². The molecule has 0 aliphatic carbocycles. The summed E-state index contributed by atoms with van der Waals surface area (Å²) >= 11 is 0. The van der Waals surface area contributed by atoms with E-state index in [1.165, 1.54) is 32.1 Å². The molecule has 0 N–H and O–H groups in total. The van der Waals surface area contributed by atoms with Gasteiger partial charge in [-0.05, 0) is 51.4 Å². The first-order valence-corrected chi connectivity index (χ1v) is 8.42. The smallest absolute Gasteiger partial charge is 0.293 e. The molecule has 0 aromatic carbocycles. The van der Waals surface area contributed by atoms with Crippen molar-refractivity contribution < 1.29 is 9.53 Å². The van der Waals surface area contributed by atoms with Gasteiger partial charge < -0.3 is 4.74 Å². The van der Waals surface area contributed by atoms with Crippen LogP contribution >= 0.6 is 0 Å². The summed E-state index contributed by atoms with van der Waals surface area (Å²) in [5, 5.41) is 0. The predicted molar refractivity (Wildman–Crippen MR) is 91.3 cm³/mol. The molecule has 0 radical (unpaired) electrons. The third kappa shape index (κ3) is 18.7. The molecule has 0 aliphatic heterocycles. The van der Waals surface area contributed by atoms with Crippen LogP contribution < -0.4 is 0 Å². The maximum atomic E-state index is 9.92. The molecule has 0 atom stereocenters. The lowest BCUT2D eigenvalue weighted by Crippen LogP contribution is -1.90. The molecule has 0 saturated carbocycles. The number of hydrogen-bond donors (Lipinski definition) is 0. The second kappa shape index (κ2) is 18.7. The quantitative estimate of drug-likeness (QED) is 0.218. The highest BCUT2D eigenvalue weighted by Gasteiger charge is 1.87. The molecule has 0 spiro atoms. The third-order valence-electron chi connectivity index (χ3n) is 3.22. The van der Waals surface area contributed by atoms with Gasteiger partial charge in [-0.15, -0.1) is 0 Å². The fourth-order valence-corrected chi connectivity index (χ4v) is 1.96. The summed E-state index contributed by atoms with van der Waals surface area (Å²) in [5.41, 5.74) is 0. The first-order chi connectivity index (χ1) is 10.4. The number of allylic oxidation sites excluding steroid dienone is 6. The summed E-state index contributed by atoms with van der Waals surface area (Å²) in [5.74, 6) is 0. The van der Waals surface area contributed by atoms with Crippen LogP contribution in [0.15, 0.2) is 36.5 Å². The first kappa shape index (κ1) is 19.7. The molecule has 0 aliphatic rings.